The molecule has 1 aromatic carbocycles. The highest BCUT2D eigenvalue weighted by Gasteiger charge is 2.13. The van der Waals surface area contributed by atoms with Gasteiger partial charge in [-0.1, -0.05) is 22.0 Å². The first-order valence-corrected chi connectivity index (χ1v) is 7.93. The summed E-state index contributed by atoms with van der Waals surface area (Å²) >= 11 is 5.13. The van der Waals surface area contributed by atoms with E-state index in [9.17, 15) is 5.11 Å². The second kappa shape index (κ2) is 7.02. The molecule has 0 amide bonds. The fourth-order valence-corrected chi connectivity index (χ4v) is 3.16. The molecule has 1 N–H and O–H groups in total. The van der Waals surface area contributed by atoms with Crippen molar-refractivity contribution >= 4 is 33.5 Å². The lowest BCUT2D eigenvalue weighted by Gasteiger charge is -2.21. The van der Waals surface area contributed by atoms with Gasteiger partial charge in [0, 0.05) is 21.1 Å². The standard InChI is InChI=1S/C15H17BrN2OS/c1-18(2)13(15-4-3-7-20-15)10-17-9-11-8-12(16)5-6-14(11)19/h3-9,13,19H,10H2,1-2H3/t13-/m0/s1. The fourth-order valence-electron chi connectivity index (χ4n) is 1.87. The average Bonchev–Trinajstić information content (AvgIpc) is 2.91. The molecular weight excluding hydrogens is 336 g/mol. The molecule has 0 fully saturated rings. The van der Waals surface area contributed by atoms with E-state index in [4.69, 9.17) is 0 Å². The Morgan fingerprint density at radius 3 is 2.85 bits per heavy atom. The number of aromatic hydroxyl groups is 1. The van der Waals surface area contributed by atoms with Crippen LogP contribution in [0.5, 0.6) is 5.75 Å². The van der Waals surface area contributed by atoms with Crippen molar-refractivity contribution in [1.82, 2.24) is 4.90 Å². The van der Waals surface area contributed by atoms with E-state index >= 15 is 0 Å². The van der Waals surface area contributed by atoms with Crippen LogP contribution in [0.15, 0.2) is 45.2 Å². The van der Waals surface area contributed by atoms with Crippen molar-refractivity contribution in [1.29, 1.82) is 0 Å². The van der Waals surface area contributed by atoms with Crippen LogP contribution in [0.1, 0.15) is 16.5 Å². The Kier molecular flexibility index (Phi) is 5.34. The van der Waals surface area contributed by atoms with Crippen LogP contribution >= 0.6 is 27.3 Å². The Hall–Kier alpha value is -1.17. The fraction of sp³-hybridized carbons (Fsp3) is 0.267. The predicted molar refractivity (Wildman–Crippen MR) is 89.0 cm³/mol. The zero-order valence-corrected chi connectivity index (χ0v) is 13.9. The van der Waals surface area contributed by atoms with E-state index in [-0.39, 0.29) is 11.8 Å². The van der Waals surface area contributed by atoms with Crippen molar-refractivity contribution in [2.75, 3.05) is 20.6 Å². The number of phenols is 1. The number of nitrogens with zero attached hydrogens (tertiary/aromatic N) is 2. The normalized spacial score (nSPS) is 13.2. The highest BCUT2D eigenvalue weighted by atomic mass is 79.9. The van der Waals surface area contributed by atoms with E-state index in [0.29, 0.717) is 6.54 Å². The van der Waals surface area contributed by atoms with Crippen LogP contribution in [-0.2, 0) is 0 Å². The number of rotatable bonds is 5. The Morgan fingerprint density at radius 2 is 2.20 bits per heavy atom. The van der Waals surface area contributed by atoms with Gasteiger partial charge in [0.25, 0.3) is 0 Å². The third-order valence-corrected chi connectivity index (χ3v) is 4.46. The van der Waals surface area contributed by atoms with Gasteiger partial charge >= 0.3 is 0 Å². The summed E-state index contributed by atoms with van der Waals surface area (Å²) in [6, 6.07) is 9.77. The second-order valence-electron chi connectivity index (χ2n) is 4.69. The van der Waals surface area contributed by atoms with Gasteiger partial charge < -0.3 is 10.0 Å². The quantitative estimate of drug-likeness (QED) is 0.827. The van der Waals surface area contributed by atoms with Gasteiger partial charge in [0.2, 0.25) is 0 Å². The average molecular weight is 353 g/mol. The first-order valence-electron chi connectivity index (χ1n) is 6.26. The van der Waals surface area contributed by atoms with E-state index in [1.807, 2.05) is 6.07 Å². The van der Waals surface area contributed by atoms with Gasteiger partial charge in [-0.3, -0.25) is 4.99 Å². The number of thiophene rings is 1. The molecule has 0 saturated carbocycles. The molecule has 0 saturated heterocycles. The van der Waals surface area contributed by atoms with Crippen molar-refractivity contribution in [3.63, 3.8) is 0 Å². The van der Waals surface area contributed by atoms with Gasteiger partial charge in [0.05, 0.1) is 12.6 Å². The van der Waals surface area contributed by atoms with Crippen LogP contribution in [0.3, 0.4) is 0 Å². The number of phenolic OH excluding ortho intramolecular Hbond substituents is 1. The molecule has 0 bridgehead atoms. The summed E-state index contributed by atoms with van der Waals surface area (Å²) in [5.74, 6) is 0.245. The maximum Gasteiger partial charge on any atom is 0.124 e. The van der Waals surface area contributed by atoms with Crippen LogP contribution in [0.4, 0.5) is 0 Å². The Balaban J connectivity index is 2.09. The van der Waals surface area contributed by atoms with E-state index in [1.165, 1.54) is 4.88 Å². The van der Waals surface area contributed by atoms with Crippen molar-refractivity contribution < 1.29 is 5.11 Å². The smallest absolute Gasteiger partial charge is 0.124 e. The number of benzene rings is 1. The van der Waals surface area contributed by atoms with E-state index in [2.05, 4.69) is 57.4 Å². The maximum absolute atomic E-state index is 9.77. The molecule has 1 aromatic heterocycles. The van der Waals surface area contributed by atoms with Crippen LogP contribution in [0.25, 0.3) is 0 Å². The summed E-state index contributed by atoms with van der Waals surface area (Å²) in [4.78, 5) is 7.93. The van der Waals surface area contributed by atoms with Gasteiger partial charge in [-0.05, 0) is 43.7 Å². The van der Waals surface area contributed by atoms with Gasteiger partial charge in [0.15, 0.2) is 0 Å². The lowest BCUT2D eigenvalue weighted by Crippen LogP contribution is -2.21. The van der Waals surface area contributed by atoms with Crippen molar-refractivity contribution in [2.45, 2.75) is 6.04 Å². The maximum atomic E-state index is 9.77. The van der Waals surface area contributed by atoms with E-state index < -0.39 is 0 Å². The van der Waals surface area contributed by atoms with Gasteiger partial charge in [-0.2, -0.15) is 0 Å². The summed E-state index contributed by atoms with van der Waals surface area (Å²) in [6.07, 6.45) is 1.73. The van der Waals surface area contributed by atoms with E-state index in [1.54, 1.807) is 29.7 Å². The molecule has 0 unspecified atom stereocenters. The summed E-state index contributed by atoms with van der Waals surface area (Å²) < 4.78 is 0.930. The molecule has 3 nitrogen and oxygen atoms in total. The Morgan fingerprint density at radius 1 is 1.40 bits per heavy atom. The molecule has 1 heterocycles. The monoisotopic (exact) mass is 352 g/mol. The zero-order chi connectivity index (χ0) is 14.5. The number of hydrogen-bond donors (Lipinski definition) is 1. The van der Waals surface area contributed by atoms with E-state index in [0.717, 1.165) is 10.0 Å². The van der Waals surface area contributed by atoms with Gasteiger partial charge in [-0.25, -0.2) is 0 Å². The van der Waals surface area contributed by atoms with Crippen LogP contribution in [0, 0.1) is 0 Å². The molecule has 1 atom stereocenters. The SMILES string of the molecule is CN(C)[C@@H](CN=Cc1cc(Br)ccc1O)c1cccs1. The molecule has 106 valence electrons. The van der Waals surface area contributed by atoms with Gasteiger partial charge in [-0.15, -0.1) is 11.3 Å². The predicted octanol–water partition coefficient (Wildman–Crippen LogP) is 3.94. The van der Waals surface area contributed by atoms with Crippen molar-refractivity contribution in [3.8, 4) is 5.75 Å². The topological polar surface area (TPSA) is 35.8 Å². The Bertz CT molecular complexity index is 582. The molecule has 2 rings (SSSR count). The summed E-state index contributed by atoms with van der Waals surface area (Å²) in [7, 11) is 4.10. The first-order chi connectivity index (χ1) is 9.58. The molecule has 2 aromatic rings. The summed E-state index contributed by atoms with van der Waals surface area (Å²) in [6.45, 7) is 0.666. The summed E-state index contributed by atoms with van der Waals surface area (Å²) in [5.41, 5.74) is 0.725. The van der Waals surface area contributed by atoms with Gasteiger partial charge in [0.1, 0.15) is 5.75 Å². The summed E-state index contributed by atoms with van der Waals surface area (Å²) in [5, 5.41) is 11.9. The minimum absolute atomic E-state index is 0.245. The third kappa shape index (κ3) is 3.91. The molecule has 5 heteroatoms. The molecule has 0 aliphatic heterocycles. The van der Waals surface area contributed by atoms with Crippen LogP contribution in [0.2, 0.25) is 0 Å². The molecule has 0 radical (unpaired) electrons. The second-order valence-corrected chi connectivity index (χ2v) is 6.59. The number of halogens is 1. The lowest BCUT2D eigenvalue weighted by atomic mass is 10.2. The minimum Gasteiger partial charge on any atom is -0.507 e. The van der Waals surface area contributed by atoms with Crippen LogP contribution in [-0.4, -0.2) is 36.9 Å². The number of likely N-dealkylation sites (N-methyl/N-ethyl adjacent to an activating group) is 1. The minimum atomic E-state index is 0.245. The Labute approximate surface area is 131 Å². The van der Waals surface area contributed by atoms with Crippen molar-refractivity contribution in [3.05, 3.63) is 50.6 Å². The highest BCUT2D eigenvalue weighted by Crippen LogP contribution is 2.24. The first kappa shape index (κ1) is 15.2. The highest BCUT2D eigenvalue weighted by molar-refractivity contribution is 9.10. The third-order valence-electron chi connectivity index (χ3n) is 2.99. The molecule has 20 heavy (non-hydrogen) atoms. The molecule has 0 aliphatic rings. The molecule has 0 aliphatic carbocycles. The van der Waals surface area contributed by atoms with Crippen molar-refractivity contribution in [2.24, 2.45) is 4.99 Å². The largest absolute Gasteiger partial charge is 0.507 e. The van der Waals surface area contributed by atoms with Crippen LogP contribution < -0.4 is 0 Å². The number of hydrogen-bond acceptors (Lipinski definition) is 4. The number of aliphatic imine (C=N–C) groups is 1. The zero-order valence-electron chi connectivity index (χ0n) is 11.5. The molecule has 0 spiro atoms. The molecular formula is C15H17BrN2OS. The lowest BCUT2D eigenvalue weighted by molar-refractivity contribution is 0.311.